The molecule has 0 bridgehead atoms. The molecule has 2 amide bonds. The largest absolute Gasteiger partial charge is 0.349 e. The molecule has 4 heteroatoms. The highest BCUT2D eigenvalue weighted by Gasteiger charge is 2.36. The fourth-order valence-electron chi connectivity index (χ4n) is 3.93. The second-order valence-electron chi connectivity index (χ2n) is 6.89. The second-order valence-corrected chi connectivity index (χ2v) is 6.89. The molecule has 1 aliphatic carbocycles. The minimum atomic E-state index is -0.276. The first-order chi connectivity index (χ1) is 12.2. The predicted molar refractivity (Wildman–Crippen MR) is 97.2 cm³/mol. The SMILES string of the molecule is O=C(NC1CCCc2ccccc21)C1CC(=O)N(c2ccccc2)C1. The second kappa shape index (κ2) is 6.71. The molecular formula is C21H22N2O2. The highest BCUT2D eigenvalue weighted by molar-refractivity contribution is 6.00. The lowest BCUT2D eigenvalue weighted by atomic mass is 9.87. The van der Waals surface area contributed by atoms with E-state index in [9.17, 15) is 9.59 Å². The predicted octanol–water partition coefficient (Wildman–Crippen LogP) is 3.23. The zero-order chi connectivity index (χ0) is 17.2. The molecule has 128 valence electrons. The van der Waals surface area contributed by atoms with Gasteiger partial charge in [0.05, 0.1) is 12.0 Å². The first kappa shape index (κ1) is 15.9. The summed E-state index contributed by atoms with van der Waals surface area (Å²) in [5, 5.41) is 3.19. The molecule has 2 aliphatic rings. The van der Waals surface area contributed by atoms with Crippen LogP contribution in [0, 0.1) is 5.92 Å². The monoisotopic (exact) mass is 334 g/mol. The highest BCUT2D eigenvalue weighted by atomic mass is 16.2. The van der Waals surface area contributed by atoms with Gasteiger partial charge in [0.1, 0.15) is 0 Å². The van der Waals surface area contributed by atoms with Crippen molar-refractivity contribution in [2.75, 3.05) is 11.4 Å². The Labute approximate surface area is 147 Å². The Morgan fingerprint density at radius 1 is 1.04 bits per heavy atom. The molecule has 25 heavy (non-hydrogen) atoms. The number of hydrogen-bond acceptors (Lipinski definition) is 2. The van der Waals surface area contributed by atoms with E-state index in [-0.39, 0.29) is 30.2 Å². The van der Waals surface area contributed by atoms with Crippen LogP contribution in [0.2, 0.25) is 0 Å². The maximum atomic E-state index is 12.8. The lowest BCUT2D eigenvalue weighted by Gasteiger charge is -2.27. The van der Waals surface area contributed by atoms with Gasteiger partial charge >= 0.3 is 0 Å². The van der Waals surface area contributed by atoms with Crippen molar-refractivity contribution in [3.8, 4) is 0 Å². The first-order valence-corrected chi connectivity index (χ1v) is 8.96. The van der Waals surface area contributed by atoms with Crippen molar-refractivity contribution in [1.29, 1.82) is 0 Å². The van der Waals surface area contributed by atoms with E-state index >= 15 is 0 Å². The molecule has 1 fully saturated rings. The topological polar surface area (TPSA) is 49.4 Å². The standard InChI is InChI=1S/C21H22N2O2/c24-20-13-16(14-23(20)17-9-2-1-3-10-17)21(25)22-19-12-6-8-15-7-4-5-11-18(15)19/h1-5,7,9-11,16,19H,6,8,12-14H2,(H,22,25). The molecule has 0 saturated carbocycles. The normalized spacial score (nSPS) is 22.6. The Balaban J connectivity index is 1.45. The van der Waals surface area contributed by atoms with Crippen LogP contribution in [-0.4, -0.2) is 18.4 Å². The Morgan fingerprint density at radius 3 is 2.64 bits per heavy atom. The molecule has 1 aliphatic heterocycles. The molecule has 0 spiro atoms. The Kier molecular flexibility index (Phi) is 4.26. The van der Waals surface area contributed by atoms with Crippen LogP contribution >= 0.6 is 0 Å². The Bertz CT molecular complexity index is 787. The number of benzene rings is 2. The average Bonchev–Trinajstić information content (AvgIpc) is 3.05. The van der Waals surface area contributed by atoms with Gasteiger partial charge in [0.15, 0.2) is 0 Å². The van der Waals surface area contributed by atoms with Crippen LogP contribution in [0.3, 0.4) is 0 Å². The average molecular weight is 334 g/mol. The quantitative estimate of drug-likeness (QED) is 0.937. The summed E-state index contributed by atoms with van der Waals surface area (Å²) in [6.45, 7) is 0.461. The van der Waals surface area contributed by atoms with Gasteiger partial charge in [-0.3, -0.25) is 9.59 Å². The van der Waals surface area contributed by atoms with E-state index in [4.69, 9.17) is 0 Å². The van der Waals surface area contributed by atoms with Crippen molar-refractivity contribution in [3.05, 3.63) is 65.7 Å². The summed E-state index contributed by atoms with van der Waals surface area (Å²) in [5.74, 6) is -0.259. The van der Waals surface area contributed by atoms with E-state index in [0.29, 0.717) is 6.54 Å². The summed E-state index contributed by atoms with van der Waals surface area (Å²) in [6, 6.07) is 18.0. The van der Waals surface area contributed by atoms with E-state index in [1.54, 1.807) is 4.90 Å². The summed E-state index contributed by atoms with van der Waals surface area (Å²) in [5.41, 5.74) is 3.42. The molecule has 0 radical (unpaired) electrons. The van der Waals surface area contributed by atoms with Crippen LogP contribution in [0.1, 0.15) is 36.4 Å². The first-order valence-electron chi connectivity index (χ1n) is 8.96. The molecule has 2 aromatic carbocycles. The Hall–Kier alpha value is -2.62. The van der Waals surface area contributed by atoms with Crippen molar-refractivity contribution in [3.63, 3.8) is 0 Å². The van der Waals surface area contributed by atoms with E-state index in [2.05, 4.69) is 23.5 Å². The van der Waals surface area contributed by atoms with Crippen LogP contribution < -0.4 is 10.2 Å². The van der Waals surface area contributed by atoms with Gasteiger partial charge in [-0.1, -0.05) is 42.5 Å². The van der Waals surface area contributed by atoms with Gasteiger partial charge in [-0.25, -0.2) is 0 Å². The molecule has 2 aromatic rings. The summed E-state index contributed by atoms with van der Waals surface area (Å²) < 4.78 is 0. The van der Waals surface area contributed by atoms with E-state index in [1.165, 1.54) is 11.1 Å². The van der Waals surface area contributed by atoms with Gasteiger partial charge in [0, 0.05) is 18.7 Å². The number of fused-ring (bicyclic) bond motifs is 1. The number of nitrogens with one attached hydrogen (secondary N) is 1. The van der Waals surface area contributed by atoms with Gasteiger partial charge < -0.3 is 10.2 Å². The van der Waals surface area contributed by atoms with Crippen LogP contribution in [0.15, 0.2) is 54.6 Å². The third kappa shape index (κ3) is 3.16. The molecule has 2 unspecified atom stereocenters. The van der Waals surface area contributed by atoms with Gasteiger partial charge in [-0.2, -0.15) is 0 Å². The van der Waals surface area contributed by atoms with Crippen molar-refractivity contribution >= 4 is 17.5 Å². The van der Waals surface area contributed by atoms with E-state index in [0.717, 1.165) is 24.9 Å². The van der Waals surface area contributed by atoms with E-state index in [1.807, 2.05) is 36.4 Å². The van der Waals surface area contributed by atoms with Gasteiger partial charge in [0.2, 0.25) is 11.8 Å². The zero-order valence-electron chi connectivity index (χ0n) is 14.2. The number of rotatable bonds is 3. The van der Waals surface area contributed by atoms with Crippen LogP contribution in [0.5, 0.6) is 0 Å². The fraction of sp³-hybridized carbons (Fsp3) is 0.333. The number of amides is 2. The van der Waals surface area contributed by atoms with Gasteiger partial charge in [-0.05, 0) is 42.5 Å². The molecule has 1 saturated heterocycles. The fourth-order valence-corrected chi connectivity index (χ4v) is 3.93. The van der Waals surface area contributed by atoms with Gasteiger partial charge in [0.25, 0.3) is 0 Å². The van der Waals surface area contributed by atoms with Crippen molar-refractivity contribution in [2.45, 2.75) is 31.7 Å². The number of anilines is 1. The van der Waals surface area contributed by atoms with Crippen molar-refractivity contribution in [2.24, 2.45) is 5.92 Å². The molecule has 2 atom stereocenters. The molecule has 4 nitrogen and oxygen atoms in total. The lowest BCUT2D eigenvalue weighted by Crippen LogP contribution is -2.36. The molecular weight excluding hydrogens is 312 g/mol. The number of nitrogens with zero attached hydrogens (tertiary/aromatic N) is 1. The minimum Gasteiger partial charge on any atom is -0.349 e. The number of hydrogen-bond donors (Lipinski definition) is 1. The maximum Gasteiger partial charge on any atom is 0.227 e. The number of carbonyl (C=O) groups excluding carboxylic acids is 2. The van der Waals surface area contributed by atoms with Crippen molar-refractivity contribution in [1.82, 2.24) is 5.32 Å². The molecule has 0 aromatic heterocycles. The summed E-state index contributed by atoms with van der Waals surface area (Å²) in [7, 11) is 0. The minimum absolute atomic E-state index is 0.00603. The van der Waals surface area contributed by atoms with Crippen LogP contribution in [0.25, 0.3) is 0 Å². The number of aryl methyl sites for hydroxylation is 1. The third-order valence-corrected chi connectivity index (χ3v) is 5.25. The summed E-state index contributed by atoms with van der Waals surface area (Å²) in [6.07, 6.45) is 3.41. The maximum absolute atomic E-state index is 12.8. The molecule has 1 heterocycles. The summed E-state index contributed by atoms with van der Waals surface area (Å²) >= 11 is 0. The smallest absolute Gasteiger partial charge is 0.227 e. The van der Waals surface area contributed by atoms with Crippen LogP contribution in [-0.2, 0) is 16.0 Å². The molecule has 1 N–H and O–H groups in total. The third-order valence-electron chi connectivity index (χ3n) is 5.25. The molecule has 4 rings (SSSR count). The van der Waals surface area contributed by atoms with Crippen molar-refractivity contribution < 1.29 is 9.59 Å². The van der Waals surface area contributed by atoms with Crippen LogP contribution in [0.4, 0.5) is 5.69 Å². The lowest BCUT2D eigenvalue weighted by molar-refractivity contribution is -0.127. The zero-order valence-corrected chi connectivity index (χ0v) is 14.2. The van der Waals surface area contributed by atoms with E-state index < -0.39 is 0 Å². The summed E-state index contributed by atoms with van der Waals surface area (Å²) in [4.78, 5) is 26.8. The number of carbonyl (C=O) groups is 2. The Morgan fingerprint density at radius 2 is 1.80 bits per heavy atom. The van der Waals surface area contributed by atoms with Gasteiger partial charge in [-0.15, -0.1) is 0 Å². The number of para-hydroxylation sites is 1. The highest BCUT2D eigenvalue weighted by Crippen LogP contribution is 2.31.